The zero-order valence-electron chi connectivity index (χ0n) is 28.9. The number of nitrogens with zero attached hydrogens (tertiary/aromatic N) is 4. The smallest absolute Gasteiger partial charge is 0.220 e. The molecule has 0 atom stereocenters. The molecule has 10 nitrogen and oxygen atoms in total. The van der Waals surface area contributed by atoms with Crippen LogP contribution in [-0.4, -0.2) is 90.6 Å². The Hall–Kier alpha value is -4.22. The molecule has 3 saturated heterocycles. The average molecular weight is 730 g/mol. The van der Waals surface area contributed by atoms with Gasteiger partial charge in [-0.1, -0.05) is 53.5 Å². The van der Waals surface area contributed by atoms with Gasteiger partial charge in [-0.3, -0.25) is 24.5 Å². The van der Waals surface area contributed by atoms with Crippen LogP contribution in [0.5, 0.6) is 11.5 Å². The minimum absolute atomic E-state index is 0.0719. The molecule has 0 unspecified atom stereocenters. The zero-order chi connectivity index (χ0) is 35.5. The van der Waals surface area contributed by atoms with Gasteiger partial charge in [0.15, 0.2) is 0 Å². The molecule has 0 bridgehead atoms. The van der Waals surface area contributed by atoms with Gasteiger partial charge in [0, 0.05) is 117 Å². The number of piperidine rings is 1. The first-order valence-corrected chi connectivity index (χ1v) is 18.2. The van der Waals surface area contributed by atoms with Crippen molar-refractivity contribution in [3.63, 3.8) is 0 Å². The molecule has 3 fully saturated rings. The summed E-state index contributed by atoms with van der Waals surface area (Å²) in [7, 11) is 1.67. The van der Waals surface area contributed by atoms with Crippen molar-refractivity contribution in [2.45, 2.75) is 38.8 Å². The van der Waals surface area contributed by atoms with Crippen LogP contribution in [-0.2, 0) is 16.1 Å². The molecule has 2 aromatic carbocycles. The molecule has 4 aromatic rings. The second kappa shape index (κ2) is 15.2. The van der Waals surface area contributed by atoms with E-state index in [1.165, 1.54) is 0 Å². The van der Waals surface area contributed by atoms with Crippen LogP contribution in [0.1, 0.15) is 31.7 Å². The minimum Gasteiger partial charge on any atom is -0.496 e. The zero-order valence-corrected chi connectivity index (χ0v) is 30.4. The van der Waals surface area contributed by atoms with Crippen LogP contribution in [0.4, 0.5) is 0 Å². The van der Waals surface area contributed by atoms with Gasteiger partial charge in [0.25, 0.3) is 0 Å². The van der Waals surface area contributed by atoms with Crippen LogP contribution in [0, 0.1) is 5.41 Å². The van der Waals surface area contributed by atoms with Gasteiger partial charge in [-0.15, -0.1) is 0 Å². The number of nitrogens with one attached hydrogen (secondary N) is 2. The number of rotatable bonds is 11. The molecule has 2 N–H and O–H groups in total. The Balaban J connectivity index is 1.03. The lowest BCUT2D eigenvalue weighted by atomic mass is 9.79. The van der Waals surface area contributed by atoms with Gasteiger partial charge in [-0.05, 0) is 31.0 Å². The molecule has 2 amide bonds. The van der Waals surface area contributed by atoms with Gasteiger partial charge in [0.2, 0.25) is 11.8 Å². The predicted octanol–water partition coefficient (Wildman–Crippen LogP) is 6.09. The van der Waals surface area contributed by atoms with Gasteiger partial charge in [0.05, 0.1) is 28.5 Å². The predicted molar refractivity (Wildman–Crippen MR) is 199 cm³/mol. The Bertz CT molecular complexity index is 1930. The van der Waals surface area contributed by atoms with Crippen LogP contribution in [0.25, 0.3) is 33.6 Å². The van der Waals surface area contributed by atoms with E-state index in [0.717, 1.165) is 85.7 Å². The Labute approximate surface area is 308 Å². The minimum atomic E-state index is 0.0719. The first kappa shape index (κ1) is 35.2. The van der Waals surface area contributed by atoms with Crippen LogP contribution in [0.2, 0.25) is 10.0 Å². The van der Waals surface area contributed by atoms with Crippen molar-refractivity contribution < 1.29 is 19.1 Å². The number of amides is 2. The standard InChI is InChI=1S/C39H42Cl2N6O4/c1-25(48)47-15-10-28(11-16-47)42-14-17-51-29-8-12-43-33(19-29)32-5-3-4-30(36(32)40)31-9-13-44-38(37(31)41)26-6-7-27(34(18-26)50-2)21-46-23-39(24-46)20-35(49)45-22-39/h3-9,12-13,18-19,28,42H,10-11,14-17,20-24H2,1-2H3,(H,45,49). The molecule has 7 rings (SSSR count). The third kappa shape index (κ3) is 7.70. The molecule has 1 spiro atoms. The van der Waals surface area contributed by atoms with E-state index in [1.54, 1.807) is 26.4 Å². The van der Waals surface area contributed by atoms with E-state index in [2.05, 4.69) is 31.6 Å². The normalized spacial score (nSPS) is 17.3. The maximum Gasteiger partial charge on any atom is 0.220 e. The number of benzene rings is 2. The highest BCUT2D eigenvalue weighted by Crippen LogP contribution is 2.43. The first-order chi connectivity index (χ1) is 24.7. The quantitative estimate of drug-likeness (QED) is 0.179. The van der Waals surface area contributed by atoms with E-state index in [9.17, 15) is 9.59 Å². The van der Waals surface area contributed by atoms with Gasteiger partial charge in [0.1, 0.15) is 18.1 Å². The lowest BCUT2D eigenvalue weighted by Gasteiger charge is -2.47. The number of hydrogen-bond donors (Lipinski definition) is 2. The molecule has 266 valence electrons. The molecular formula is C39H42Cl2N6O4. The summed E-state index contributed by atoms with van der Waals surface area (Å²) in [6.07, 6.45) is 5.96. The molecule has 2 aromatic heterocycles. The van der Waals surface area contributed by atoms with Crippen LogP contribution < -0.4 is 20.1 Å². The summed E-state index contributed by atoms with van der Waals surface area (Å²) in [5, 5.41) is 7.53. The highest BCUT2D eigenvalue weighted by atomic mass is 35.5. The summed E-state index contributed by atoms with van der Waals surface area (Å²) < 4.78 is 11.9. The van der Waals surface area contributed by atoms with E-state index in [-0.39, 0.29) is 17.2 Å². The molecule has 51 heavy (non-hydrogen) atoms. The van der Waals surface area contributed by atoms with Crippen LogP contribution in [0.15, 0.2) is 67.0 Å². The van der Waals surface area contributed by atoms with E-state index in [0.29, 0.717) is 52.8 Å². The molecule has 12 heteroatoms. The lowest BCUT2D eigenvalue weighted by Crippen LogP contribution is -2.56. The number of likely N-dealkylation sites (tertiary alicyclic amines) is 2. The van der Waals surface area contributed by atoms with Crippen LogP contribution in [0.3, 0.4) is 0 Å². The number of pyridine rings is 2. The highest BCUT2D eigenvalue weighted by molar-refractivity contribution is 6.39. The highest BCUT2D eigenvalue weighted by Gasteiger charge is 2.47. The molecule has 5 heterocycles. The molecule has 3 aliphatic rings. The topological polar surface area (TPSA) is 109 Å². The SMILES string of the molecule is COc1cc(-c2nccc(-c3cccc(-c4cc(OCCNC5CCN(C(C)=O)CC5)ccn4)c3Cl)c2Cl)ccc1CN1CC2(CNC(=O)C2)C1. The van der Waals surface area contributed by atoms with Crippen molar-refractivity contribution in [2.75, 3.05) is 53.0 Å². The van der Waals surface area contributed by atoms with E-state index < -0.39 is 0 Å². The van der Waals surface area contributed by atoms with Crippen LogP contribution >= 0.6 is 23.2 Å². The summed E-state index contributed by atoms with van der Waals surface area (Å²) in [6, 6.07) is 17.9. The third-order valence-corrected chi connectivity index (χ3v) is 11.0. The summed E-state index contributed by atoms with van der Waals surface area (Å²) in [6.45, 7) is 7.69. The number of aromatic nitrogens is 2. The summed E-state index contributed by atoms with van der Waals surface area (Å²) >= 11 is 14.2. The number of halogens is 2. The van der Waals surface area contributed by atoms with E-state index in [1.807, 2.05) is 53.4 Å². The first-order valence-electron chi connectivity index (χ1n) is 17.4. The van der Waals surface area contributed by atoms with Gasteiger partial charge in [-0.2, -0.15) is 0 Å². The summed E-state index contributed by atoms with van der Waals surface area (Å²) in [4.78, 5) is 36.8. The fourth-order valence-corrected chi connectivity index (χ4v) is 8.17. The summed E-state index contributed by atoms with van der Waals surface area (Å²) in [5.41, 5.74) is 5.59. The number of hydrogen-bond acceptors (Lipinski definition) is 8. The van der Waals surface area contributed by atoms with Gasteiger partial charge >= 0.3 is 0 Å². The molecular weight excluding hydrogens is 687 g/mol. The van der Waals surface area contributed by atoms with Gasteiger partial charge in [-0.25, -0.2) is 0 Å². The van der Waals surface area contributed by atoms with Crippen molar-refractivity contribution in [3.8, 4) is 45.1 Å². The number of carbonyl (C=O) groups excluding carboxylic acids is 2. The largest absolute Gasteiger partial charge is 0.496 e. The third-order valence-electron chi connectivity index (χ3n) is 10.2. The summed E-state index contributed by atoms with van der Waals surface area (Å²) in [5.74, 6) is 1.75. The van der Waals surface area contributed by atoms with Crippen molar-refractivity contribution in [3.05, 3.63) is 82.6 Å². The average Bonchev–Trinajstić information content (AvgIpc) is 3.52. The lowest BCUT2D eigenvalue weighted by molar-refractivity contribution is -0.130. The Kier molecular flexibility index (Phi) is 10.5. The maximum atomic E-state index is 11.8. The second-order valence-corrected chi connectivity index (χ2v) is 14.5. The Morgan fingerprint density at radius 3 is 2.51 bits per heavy atom. The molecule has 3 aliphatic heterocycles. The number of ether oxygens (including phenoxy) is 2. The van der Waals surface area contributed by atoms with Gasteiger partial charge < -0.3 is 25.0 Å². The Morgan fingerprint density at radius 1 is 1.00 bits per heavy atom. The molecule has 0 aliphatic carbocycles. The Morgan fingerprint density at radius 2 is 1.76 bits per heavy atom. The maximum absolute atomic E-state index is 11.8. The fraction of sp³-hybridized carbons (Fsp3) is 0.385. The van der Waals surface area contributed by atoms with E-state index >= 15 is 0 Å². The molecule has 0 saturated carbocycles. The van der Waals surface area contributed by atoms with Crippen molar-refractivity contribution in [1.29, 1.82) is 0 Å². The van der Waals surface area contributed by atoms with E-state index in [4.69, 9.17) is 32.7 Å². The molecule has 0 radical (unpaired) electrons. The number of carbonyl (C=O) groups is 2. The van der Waals surface area contributed by atoms with Crippen molar-refractivity contribution in [1.82, 2.24) is 30.4 Å². The van der Waals surface area contributed by atoms with Crippen molar-refractivity contribution >= 4 is 35.0 Å². The monoisotopic (exact) mass is 728 g/mol. The number of methoxy groups -OCH3 is 1. The fourth-order valence-electron chi connectivity index (χ4n) is 7.52. The second-order valence-electron chi connectivity index (χ2n) is 13.8. The van der Waals surface area contributed by atoms with Crippen molar-refractivity contribution in [2.24, 2.45) is 5.41 Å².